The van der Waals surface area contributed by atoms with Crippen molar-refractivity contribution in [2.45, 2.75) is 11.6 Å². The Morgan fingerprint density at radius 1 is 1.04 bits per heavy atom. The zero-order valence-electron chi connectivity index (χ0n) is 14.7. The van der Waals surface area contributed by atoms with Crippen LogP contribution in [0.4, 0.5) is 0 Å². The number of hydrogen-bond donors (Lipinski definition) is 1. The van der Waals surface area contributed by atoms with E-state index < -0.39 is 0 Å². The number of para-hydroxylation sites is 1. The van der Waals surface area contributed by atoms with Gasteiger partial charge in [0.2, 0.25) is 5.91 Å². The molecule has 1 heterocycles. The largest absolute Gasteiger partial charge is 0.493 e. The third kappa shape index (κ3) is 4.46. The molecule has 0 unspecified atom stereocenters. The molecule has 0 saturated carbocycles. The third-order valence-electron chi connectivity index (χ3n) is 3.86. The molecule has 5 nitrogen and oxygen atoms in total. The Balaban J connectivity index is 1.53. The first-order valence-electron chi connectivity index (χ1n) is 8.16. The van der Waals surface area contributed by atoms with Crippen LogP contribution in [0.2, 0.25) is 0 Å². The van der Waals surface area contributed by atoms with Gasteiger partial charge in [-0.2, -0.15) is 0 Å². The number of ether oxygens (including phenoxy) is 2. The van der Waals surface area contributed by atoms with Gasteiger partial charge in [0, 0.05) is 11.9 Å². The lowest BCUT2D eigenvalue weighted by Crippen LogP contribution is -2.24. The third-order valence-corrected chi connectivity index (χ3v) is 4.79. The highest BCUT2D eigenvalue weighted by molar-refractivity contribution is 7.99. The molecule has 0 radical (unpaired) electrons. The van der Waals surface area contributed by atoms with Gasteiger partial charge in [-0.15, -0.1) is 0 Å². The molecule has 3 aromatic rings. The van der Waals surface area contributed by atoms with Crippen LogP contribution in [0.25, 0.3) is 10.9 Å². The second-order valence-corrected chi connectivity index (χ2v) is 6.59. The molecule has 0 spiro atoms. The van der Waals surface area contributed by atoms with Crippen LogP contribution in [0.1, 0.15) is 5.56 Å². The summed E-state index contributed by atoms with van der Waals surface area (Å²) in [6.45, 7) is 0.435. The maximum Gasteiger partial charge on any atom is 0.230 e. The maximum absolute atomic E-state index is 12.1. The van der Waals surface area contributed by atoms with E-state index in [1.807, 2.05) is 54.6 Å². The molecule has 0 atom stereocenters. The van der Waals surface area contributed by atoms with Gasteiger partial charge < -0.3 is 14.8 Å². The molecule has 0 bridgehead atoms. The number of carbonyl (C=O) groups excluding carboxylic acids is 1. The van der Waals surface area contributed by atoms with Crippen molar-refractivity contribution in [3.8, 4) is 11.5 Å². The molecule has 1 aromatic heterocycles. The van der Waals surface area contributed by atoms with Crippen LogP contribution in [-0.4, -0.2) is 30.9 Å². The van der Waals surface area contributed by atoms with Crippen LogP contribution in [0.15, 0.2) is 59.6 Å². The molecule has 0 saturated heterocycles. The Morgan fingerprint density at radius 3 is 2.65 bits per heavy atom. The number of hydrogen-bond acceptors (Lipinski definition) is 5. The van der Waals surface area contributed by atoms with Crippen LogP contribution in [0.5, 0.6) is 11.5 Å². The highest BCUT2D eigenvalue weighted by Crippen LogP contribution is 2.27. The Labute approximate surface area is 156 Å². The summed E-state index contributed by atoms with van der Waals surface area (Å²) >= 11 is 1.42. The van der Waals surface area contributed by atoms with E-state index in [-0.39, 0.29) is 5.91 Å². The first-order valence-corrected chi connectivity index (χ1v) is 9.14. The number of fused-ring (bicyclic) bond motifs is 1. The minimum absolute atomic E-state index is 0.0419. The molecule has 0 aliphatic heterocycles. The molecule has 26 heavy (non-hydrogen) atoms. The lowest BCUT2D eigenvalue weighted by Gasteiger charge is -2.10. The summed E-state index contributed by atoms with van der Waals surface area (Å²) < 4.78 is 10.5. The van der Waals surface area contributed by atoms with Gasteiger partial charge in [-0.25, -0.2) is 4.98 Å². The van der Waals surface area contributed by atoms with Crippen LogP contribution < -0.4 is 14.8 Å². The minimum atomic E-state index is -0.0419. The molecule has 0 aliphatic carbocycles. The predicted molar refractivity (Wildman–Crippen MR) is 104 cm³/mol. The van der Waals surface area contributed by atoms with Gasteiger partial charge in [0.25, 0.3) is 0 Å². The highest BCUT2D eigenvalue weighted by Gasteiger charge is 2.07. The molecule has 1 N–H and O–H groups in total. The number of carbonyl (C=O) groups is 1. The molecule has 134 valence electrons. The number of methoxy groups -OCH3 is 2. The number of aromatic nitrogens is 1. The molecule has 3 rings (SSSR count). The Bertz CT molecular complexity index is 914. The van der Waals surface area contributed by atoms with Crippen molar-refractivity contribution >= 4 is 28.6 Å². The molecule has 0 fully saturated rings. The summed E-state index contributed by atoms with van der Waals surface area (Å²) in [5.74, 6) is 1.59. The summed E-state index contributed by atoms with van der Waals surface area (Å²) in [5.41, 5.74) is 1.88. The number of pyridine rings is 1. The summed E-state index contributed by atoms with van der Waals surface area (Å²) in [6.07, 6.45) is 0. The van der Waals surface area contributed by atoms with Crippen LogP contribution >= 0.6 is 11.8 Å². The van der Waals surface area contributed by atoms with Crippen LogP contribution in [0, 0.1) is 0 Å². The van der Waals surface area contributed by atoms with E-state index in [9.17, 15) is 4.79 Å². The molecule has 6 heteroatoms. The number of nitrogens with one attached hydrogen (secondary N) is 1. The van der Waals surface area contributed by atoms with E-state index in [0.717, 1.165) is 21.5 Å². The van der Waals surface area contributed by atoms with E-state index in [4.69, 9.17) is 9.47 Å². The fraction of sp³-hybridized carbons (Fsp3) is 0.200. The second-order valence-electron chi connectivity index (χ2n) is 5.60. The van der Waals surface area contributed by atoms with Gasteiger partial charge in [-0.1, -0.05) is 42.1 Å². The SMILES string of the molecule is COc1ccc(CNC(=O)CSc2ccc3ccccc3n2)cc1OC. The average Bonchev–Trinajstić information content (AvgIpc) is 2.70. The fourth-order valence-corrected chi connectivity index (χ4v) is 3.22. The molecular formula is C20H20N2O3S. The summed E-state index contributed by atoms with van der Waals surface area (Å²) in [7, 11) is 3.19. The Morgan fingerprint density at radius 2 is 1.85 bits per heavy atom. The van der Waals surface area contributed by atoms with Crippen LogP contribution in [-0.2, 0) is 11.3 Å². The molecule has 2 aromatic carbocycles. The van der Waals surface area contributed by atoms with Crippen molar-refractivity contribution in [1.29, 1.82) is 0 Å². The molecular weight excluding hydrogens is 348 g/mol. The zero-order chi connectivity index (χ0) is 18.4. The average molecular weight is 368 g/mol. The molecule has 0 aliphatic rings. The number of benzene rings is 2. The number of rotatable bonds is 7. The van der Waals surface area contributed by atoms with E-state index in [1.165, 1.54) is 11.8 Å². The summed E-state index contributed by atoms with van der Waals surface area (Å²) in [5, 5.41) is 4.84. The number of thioether (sulfide) groups is 1. The Kier molecular flexibility index (Phi) is 5.96. The van der Waals surface area contributed by atoms with Gasteiger partial charge in [0.05, 0.1) is 30.5 Å². The summed E-state index contributed by atoms with van der Waals surface area (Å²) in [6, 6.07) is 17.5. The zero-order valence-corrected chi connectivity index (χ0v) is 15.5. The predicted octanol–water partition coefficient (Wildman–Crippen LogP) is 3.66. The van der Waals surface area contributed by atoms with Crippen molar-refractivity contribution in [3.63, 3.8) is 0 Å². The number of amides is 1. The summed E-state index contributed by atoms with van der Waals surface area (Å²) in [4.78, 5) is 16.7. The van der Waals surface area contributed by atoms with Gasteiger partial charge in [0.1, 0.15) is 0 Å². The number of nitrogens with zero attached hydrogens (tertiary/aromatic N) is 1. The smallest absolute Gasteiger partial charge is 0.230 e. The van der Waals surface area contributed by atoms with Crippen LogP contribution in [0.3, 0.4) is 0 Å². The first kappa shape index (κ1) is 18.1. The quantitative estimate of drug-likeness (QED) is 0.645. The van der Waals surface area contributed by atoms with E-state index >= 15 is 0 Å². The maximum atomic E-state index is 12.1. The lowest BCUT2D eigenvalue weighted by atomic mass is 10.2. The monoisotopic (exact) mass is 368 g/mol. The van der Waals surface area contributed by atoms with E-state index in [2.05, 4.69) is 10.3 Å². The van der Waals surface area contributed by atoms with Crippen molar-refractivity contribution < 1.29 is 14.3 Å². The van der Waals surface area contributed by atoms with Gasteiger partial charge >= 0.3 is 0 Å². The second kappa shape index (κ2) is 8.58. The topological polar surface area (TPSA) is 60.5 Å². The van der Waals surface area contributed by atoms with Gasteiger partial charge in [0.15, 0.2) is 11.5 Å². The van der Waals surface area contributed by atoms with Crippen molar-refractivity contribution in [3.05, 3.63) is 60.2 Å². The van der Waals surface area contributed by atoms with Crippen molar-refractivity contribution in [2.24, 2.45) is 0 Å². The highest BCUT2D eigenvalue weighted by atomic mass is 32.2. The van der Waals surface area contributed by atoms with Crippen molar-refractivity contribution in [1.82, 2.24) is 10.3 Å². The minimum Gasteiger partial charge on any atom is -0.493 e. The standard InChI is InChI=1S/C20H20N2O3S/c1-24-17-9-7-14(11-18(17)25-2)12-21-19(23)13-26-20-10-8-15-5-3-4-6-16(15)22-20/h3-11H,12-13H2,1-2H3,(H,21,23). The van der Waals surface area contributed by atoms with E-state index in [1.54, 1.807) is 14.2 Å². The van der Waals surface area contributed by atoms with Gasteiger partial charge in [-0.3, -0.25) is 4.79 Å². The lowest BCUT2D eigenvalue weighted by molar-refractivity contribution is -0.118. The van der Waals surface area contributed by atoms with Gasteiger partial charge in [-0.05, 0) is 29.8 Å². The van der Waals surface area contributed by atoms with E-state index in [0.29, 0.717) is 23.8 Å². The Hall–Kier alpha value is -2.73. The fourth-order valence-electron chi connectivity index (χ4n) is 2.51. The normalized spacial score (nSPS) is 10.5. The molecule has 1 amide bonds. The van der Waals surface area contributed by atoms with Crippen molar-refractivity contribution in [2.75, 3.05) is 20.0 Å². The first-order chi connectivity index (χ1) is 12.7.